The first-order valence-corrected chi connectivity index (χ1v) is 10.5. The van der Waals surface area contributed by atoms with E-state index in [1.54, 1.807) is 0 Å². The van der Waals surface area contributed by atoms with E-state index in [1.807, 2.05) is 18.2 Å². The van der Waals surface area contributed by atoms with Crippen molar-refractivity contribution in [1.29, 1.82) is 0 Å². The summed E-state index contributed by atoms with van der Waals surface area (Å²) >= 11 is 10.1. The van der Waals surface area contributed by atoms with Crippen molar-refractivity contribution < 1.29 is 4.74 Å². The molecular formula is C21H21BrClN3O. The normalized spacial score (nSPS) is 23.6. The maximum atomic E-state index is 6.63. The van der Waals surface area contributed by atoms with Crippen molar-refractivity contribution in [2.75, 3.05) is 20.1 Å². The summed E-state index contributed by atoms with van der Waals surface area (Å²) in [4.78, 5) is 2.36. The maximum absolute atomic E-state index is 6.63. The van der Waals surface area contributed by atoms with Crippen LogP contribution in [0.1, 0.15) is 36.4 Å². The molecule has 3 aliphatic rings. The Morgan fingerprint density at radius 2 is 1.96 bits per heavy atom. The summed E-state index contributed by atoms with van der Waals surface area (Å²) in [5, 5.41) is 8.06. The van der Waals surface area contributed by atoms with Gasteiger partial charge in [0.05, 0.1) is 11.8 Å². The lowest BCUT2D eigenvalue weighted by molar-refractivity contribution is -0.147. The first kappa shape index (κ1) is 17.5. The molecule has 1 atom stereocenters. The number of rotatable bonds is 1. The molecule has 1 spiro atoms. The van der Waals surface area contributed by atoms with Crippen molar-refractivity contribution in [3.63, 3.8) is 0 Å². The molecule has 0 aromatic heterocycles. The number of hydrogen-bond acceptors (Lipinski definition) is 4. The minimum atomic E-state index is -0.374. The first-order valence-electron chi connectivity index (χ1n) is 9.34. The fourth-order valence-electron chi connectivity index (χ4n) is 4.41. The van der Waals surface area contributed by atoms with E-state index in [-0.39, 0.29) is 11.8 Å². The summed E-state index contributed by atoms with van der Waals surface area (Å²) in [6, 6.07) is 14.5. The number of benzene rings is 2. The van der Waals surface area contributed by atoms with Gasteiger partial charge in [0, 0.05) is 53.0 Å². The highest BCUT2D eigenvalue weighted by Gasteiger charge is 2.51. The molecule has 0 amide bonds. The maximum Gasteiger partial charge on any atom is 0.200 e. The molecule has 3 heterocycles. The number of likely N-dealkylation sites (tertiary alicyclic amines) is 1. The van der Waals surface area contributed by atoms with Crippen molar-refractivity contribution in [1.82, 2.24) is 9.91 Å². The smallest absolute Gasteiger partial charge is 0.200 e. The average molecular weight is 447 g/mol. The van der Waals surface area contributed by atoms with Crippen molar-refractivity contribution in [3.8, 4) is 5.75 Å². The Balaban J connectivity index is 1.61. The van der Waals surface area contributed by atoms with Crippen LogP contribution in [0.15, 0.2) is 52.0 Å². The molecule has 0 N–H and O–H groups in total. The molecule has 0 saturated carbocycles. The zero-order chi connectivity index (χ0) is 18.6. The largest absolute Gasteiger partial charge is 0.466 e. The van der Waals surface area contributed by atoms with Gasteiger partial charge in [-0.3, -0.25) is 0 Å². The highest BCUT2D eigenvalue weighted by atomic mass is 79.9. The zero-order valence-electron chi connectivity index (χ0n) is 15.2. The quantitative estimate of drug-likeness (QED) is 0.612. The highest BCUT2D eigenvalue weighted by Crippen LogP contribution is 2.50. The van der Waals surface area contributed by atoms with Gasteiger partial charge in [-0.25, -0.2) is 5.01 Å². The second-order valence-electron chi connectivity index (χ2n) is 7.62. The minimum absolute atomic E-state index is 0.181. The fraction of sp³-hybridized carbons (Fsp3) is 0.381. The summed E-state index contributed by atoms with van der Waals surface area (Å²) < 4.78 is 7.70. The molecule has 140 valence electrons. The fourth-order valence-corrected chi connectivity index (χ4v) is 5.03. The van der Waals surface area contributed by atoms with Gasteiger partial charge in [-0.05, 0) is 31.3 Å². The van der Waals surface area contributed by atoms with Crippen LogP contribution in [0.3, 0.4) is 0 Å². The van der Waals surface area contributed by atoms with Crippen LogP contribution in [0.4, 0.5) is 0 Å². The molecule has 1 saturated heterocycles. The second-order valence-corrected chi connectivity index (χ2v) is 8.95. The zero-order valence-corrected chi connectivity index (χ0v) is 17.5. The predicted molar refractivity (Wildman–Crippen MR) is 111 cm³/mol. The van der Waals surface area contributed by atoms with Crippen LogP contribution in [-0.4, -0.2) is 41.5 Å². The van der Waals surface area contributed by atoms with E-state index < -0.39 is 0 Å². The third-order valence-electron chi connectivity index (χ3n) is 5.91. The van der Waals surface area contributed by atoms with Crippen molar-refractivity contribution in [2.45, 2.75) is 31.0 Å². The standard InChI is InChI=1S/C21H21BrClN3O/c1-25-10-8-21(9-11-25)26-19(16-12-14(22)6-7-20(16)27-21)13-18(24-26)15-4-2-3-5-17(15)23/h2-7,12,19H,8-11,13H2,1H3/t19-/m1/s1. The van der Waals surface area contributed by atoms with E-state index >= 15 is 0 Å². The van der Waals surface area contributed by atoms with E-state index in [9.17, 15) is 0 Å². The summed E-state index contributed by atoms with van der Waals surface area (Å²) in [5.41, 5.74) is 2.88. The van der Waals surface area contributed by atoms with E-state index in [2.05, 4.69) is 57.2 Å². The molecule has 3 aliphatic heterocycles. The van der Waals surface area contributed by atoms with Gasteiger partial charge in [-0.2, -0.15) is 5.10 Å². The molecule has 0 radical (unpaired) electrons. The summed E-state index contributed by atoms with van der Waals surface area (Å²) in [7, 11) is 2.17. The molecule has 2 aromatic carbocycles. The Labute approximate surface area is 172 Å². The SMILES string of the molecule is CN1CCC2(CC1)Oc1ccc(Br)cc1[C@H]1CC(c3ccccc3Cl)=NN12. The number of ether oxygens (including phenoxy) is 1. The molecule has 6 heteroatoms. The van der Waals surface area contributed by atoms with Crippen molar-refractivity contribution in [2.24, 2.45) is 5.10 Å². The number of nitrogens with zero attached hydrogens (tertiary/aromatic N) is 3. The molecular weight excluding hydrogens is 426 g/mol. The second kappa shape index (κ2) is 6.50. The van der Waals surface area contributed by atoms with E-state index in [1.165, 1.54) is 5.56 Å². The van der Waals surface area contributed by atoms with Gasteiger partial charge in [0.25, 0.3) is 0 Å². The Kier molecular flexibility index (Phi) is 4.22. The topological polar surface area (TPSA) is 28.1 Å². The predicted octanol–water partition coefficient (Wildman–Crippen LogP) is 5.07. The van der Waals surface area contributed by atoms with Crippen molar-refractivity contribution >= 4 is 33.2 Å². The lowest BCUT2D eigenvalue weighted by Gasteiger charge is -2.50. The average Bonchev–Trinajstić information content (AvgIpc) is 3.12. The van der Waals surface area contributed by atoms with Gasteiger partial charge >= 0.3 is 0 Å². The Morgan fingerprint density at radius 1 is 1.19 bits per heavy atom. The molecule has 1 fully saturated rings. The lowest BCUT2D eigenvalue weighted by Crippen LogP contribution is -2.58. The van der Waals surface area contributed by atoms with E-state index in [0.717, 1.165) is 58.9 Å². The van der Waals surface area contributed by atoms with Crippen LogP contribution in [0.2, 0.25) is 5.02 Å². The van der Waals surface area contributed by atoms with E-state index in [4.69, 9.17) is 21.4 Å². The van der Waals surface area contributed by atoms with Crippen LogP contribution < -0.4 is 4.74 Å². The Hall–Kier alpha value is -1.56. The summed E-state index contributed by atoms with van der Waals surface area (Å²) in [5.74, 6) is 0.986. The number of fused-ring (bicyclic) bond motifs is 4. The third-order valence-corrected chi connectivity index (χ3v) is 6.73. The van der Waals surface area contributed by atoms with Gasteiger partial charge in [0.15, 0.2) is 0 Å². The van der Waals surface area contributed by atoms with Gasteiger partial charge in [-0.1, -0.05) is 45.7 Å². The van der Waals surface area contributed by atoms with Crippen LogP contribution in [-0.2, 0) is 0 Å². The Morgan fingerprint density at radius 3 is 2.74 bits per heavy atom. The monoisotopic (exact) mass is 445 g/mol. The molecule has 5 rings (SSSR count). The van der Waals surface area contributed by atoms with Gasteiger partial charge in [0.2, 0.25) is 5.72 Å². The number of hydrogen-bond donors (Lipinski definition) is 0. The molecule has 27 heavy (non-hydrogen) atoms. The van der Waals surface area contributed by atoms with Crippen molar-refractivity contribution in [3.05, 3.63) is 63.1 Å². The summed E-state index contributed by atoms with van der Waals surface area (Å²) in [6.45, 7) is 2.01. The number of halogens is 2. The lowest BCUT2D eigenvalue weighted by atomic mass is 9.91. The van der Waals surface area contributed by atoms with Crippen LogP contribution in [0.25, 0.3) is 0 Å². The van der Waals surface area contributed by atoms with Crippen LogP contribution in [0.5, 0.6) is 5.75 Å². The third kappa shape index (κ3) is 2.87. The molecule has 0 unspecified atom stereocenters. The summed E-state index contributed by atoms with van der Waals surface area (Å²) in [6.07, 6.45) is 2.72. The van der Waals surface area contributed by atoms with Gasteiger partial charge in [0.1, 0.15) is 5.75 Å². The highest BCUT2D eigenvalue weighted by molar-refractivity contribution is 9.10. The van der Waals surface area contributed by atoms with Crippen LogP contribution in [0, 0.1) is 0 Å². The molecule has 4 nitrogen and oxygen atoms in total. The minimum Gasteiger partial charge on any atom is -0.466 e. The Bertz CT molecular complexity index is 923. The number of hydrazone groups is 1. The first-order chi connectivity index (χ1) is 13.1. The molecule has 0 bridgehead atoms. The molecule has 2 aromatic rings. The van der Waals surface area contributed by atoms with Gasteiger partial charge in [-0.15, -0.1) is 0 Å². The molecule has 0 aliphatic carbocycles. The van der Waals surface area contributed by atoms with Gasteiger partial charge < -0.3 is 9.64 Å². The van der Waals surface area contributed by atoms with Crippen LogP contribution >= 0.6 is 27.5 Å². The van der Waals surface area contributed by atoms with E-state index in [0.29, 0.717) is 0 Å². The number of piperidine rings is 1.